The maximum atomic E-state index is 5.80. The van der Waals surface area contributed by atoms with Gasteiger partial charge in [-0.25, -0.2) is 0 Å². The summed E-state index contributed by atoms with van der Waals surface area (Å²) in [5, 5.41) is 0. The normalized spacial score (nSPS) is 17.9. The molecule has 3 heteroatoms. The van der Waals surface area contributed by atoms with Gasteiger partial charge in [0.25, 0.3) is 0 Å². The highest BCUT2D eigenvalue weighted by Crippen LogP contribution is 2.36. The van der Waals surface area contributed by atoms with Crippen molar-refractivity contribution in [1.82, 2.24) is 0 Å². The number of anilines is 2. The molecule has 0 aliphatic carbocycles. The molecular weight excluding hydrogens is 312 g/mol. The van der Waals surface area contributed by atoms with Crippen molar-refractivity contribution in [2.75, 3.05) is 11.4 Å². The van der Waals surface area contributed by atoms with E-state index >= 15 is 0 Å². The summed E-state index contributed by atoms with van der Waals surface area (Å²) in [6.07, 6.45) is 1.16. The van der Waals surface area contributed by atoms with Crippen molar-refractivity contribution in [3.05, 3.63) is 58.1 Å². The maximum Gasteiger partial charge on any atom is 0.0443 e. The number of rotatable bonds is 2. The summed E-state index contributed by atoms with van der Waals surface area (Å²) < 4.78 is 1.09. The Morgan fingerprint density at radius 1 is 1.25 bits per heavy atom. The number of fused-ring (bicyclic) bond motifs is 1. The Morgan fingerprint density at radius 3 is 2.85 bits per heavy atom. The van der Waals surface area contributed by atoms with Crippen molar-refractivity contribution in [1.29, 1.82) is 0 Å². The van der Waals surface area contributed by atoms with Gasteiger partial charge in [-0.15, -0.1) is 0 Å². The van der Waals surface area contributed by atoms with Crippen LogP contribution in [0.4, 0.5) is 11.4 Å². The molecule has 2 nitrogen and oxygen atoms in total. The molecular formula is C17H19BrN2. The first kappa shape index (κ1) is 13.7. The lowest BCUT2D eigenvalue weighted by molar-refractivity contribution is 0.562. The highest BCUT2D eigenvalue weighted by Gasteiger charge is 2.22. The molecule has 1 aliphatic rings. The summed E-state index contributed by atoms with van der Waals surface area (Å²) in [6, 6.07) is 15.1. The summed E-state index contributed by atoms with van der Waals surface area (Å²) in [5.74, 6) is 0.658. The molecule has 0 spiro atoms. The van der Waals surface area contributed by atoms with E-state index in [2.05, 4.69) is 70.2 Å². The van der Waals surface area contributed by atoms with Gasteiger partial charge in [0.15, 0.2) is 0 Å². The van der Waals surface area contributed by atoms with Gasteiger partial charge in [-0.1, -0.05) is 41.1 Å². The number of nitrogens with zero attached hydrogens (tertiary/aromatic N) is 1. The fraction of sp³-hybridized carbons (Fsp3) is 0.294. The molecule has 0 bridgehead atoms. The van der Waals surface area contributed by atoms with Crippen LogP contribution in [0.3, 0.4) is 0 Å². The molecule has 0 fully saturated rings. The van der Waals surface area contributed by atoms with Crippen molar-refractivity contribution in [2.45, 2.75) is 19.9 Å². The van der Waals surface area contributed by atoms with Crippen LogP contribution < -0.4 is 10.6 Å². The predicted molar refractivity (Wildman–Crippen MR) is 88.3 cm³/mol. The third-order valence-corrected chi connectivity index (χ3v) is 4.29. The van der Waals surface area contributed by atoms with Crippen LogP contribution in [0.2, 0.25) is 0 Å². The first-order valence-corrected chi connectivity index (χ1v) is 7.81. The lowest BCUT2D eigenvalue weighted by atomic mass is 9.93. The molecule has 2 aromatic rings. The predicted octanol–water partition coefficient (Wildman–Crippen LogP) is 4.24. The zero-order valence-corrected chi connectivity index (χ0v) is 13.2. The standard InChI is InChI=1S/C17H19BrN2/c1-12-6-14-4-2-3-5-17(14)20(11-12)16-8-13(10-19)7-15(18)9-16/h2-5,7-9,12H,6,10-11,19H2,1H3. The number of benzene rings is 2. The van der Waals surface area contributed by atoms with Gasteiger partial charge in [-0.05, 0) is 47.7 Å². The summed E-state index contributed by atoms with van der Waals surface area (Å²) in [7, 11) is 0. The smallest absolute Gasteiger partial charge is 0.0443 e. The van der Waals surface area contributed by atoms with Crippen LogP contribution in [0, 0.1) is 5.92 Å². The molecule has 0 amide bonds. The Hall–Kier alpha value is -1.32. The highest BCUT2D eigenvalue weighted by atomic mass is 79.9. The Balaban J connectivity index is 2.08. The van der Waals surface area contributed by atoms with Crippen molar-refractivity contribution in [3.8, 4) is 0 Å². The first-order chi connectivity index (χ1) is 9.67. The second-order valence-corrected chi connectivity index (χ2v) is 6.49. The average molecular weight is 331 g/mol. The second kappa shape index (κ2) is 5.58. The molecule has 1 heterocycles. The molecule has 2 N–H and O–H groups in total. The lowest BCUT2D eigenvalue weighted by Gasteiger charge is -2.35. The summed E-state index contributed by atoms with van der Waals surface area (Å²) >= 11 is 3.59. The van der Waals surface area contributed by atoms with Crippen molar-refractivity contribution in [3.63, 3.8) is 0 Å². The van der Waals surface area contributed by atoms with Gasteiger partial charge in [0.05, 0.1) is 0 Å². The van der Waals surface area contributed by atoms with E-state index in [1.165, 1.54) is 16.9 Å². The fourth-order valence-electron chi connectivity index (χ4n) is 2.95. The molecule has 104 valence electrons. The Bertz CT molecular complexity index is 624. The van der Waals surface area contributed by atoms with E-state index in [4.69, 9.17) is 5.73 Å². The topological polar surface area (TPSA) is 29.3 Å². The van der Waals surface area contributed by atoms with Crippen molar-refractivity contribution >= 4 is 27.3 Å². The van der Waals surface area contributed by atoms with E-state index < -0.39 is 0 Å². The van der Waals surface area contributed by atoms with Crippen LogP contribution in [-0.2, 0) is 13.0 Å². The van der Waals surface area contributed by atoms with Crippen LogP contribution in [-0.4, -0.2) is 6.54 Å². The summed E-state index contributed by atoms with van der Waals surface area (Å²) in [5.41, 5.74) is 10.9. The minimum Gasteiger partial charge on any atom is -0.341 e. The van der Waals surface area contributed by atoms with Gasteiger partial charge in [-0.2, -0.15) is 0 Å². The molecule has 0 saturated carbocycles. The average Bonchev–Trinajstić information content (AvgIpc) is 2.45. The van der Waals surface area contributed by atoms with Gasteiger partial charge in [0, 0.05) is 28.9 Å². The second-order valence-electron chi connectivity index (χ2n) is 5.57. The minimum atomic E-state index is 0.567. The molecule has 20 heavy (non-hydrogen) atoms. The van der Waals surface area contributed by atoms with E-state index in [1.807, 2.05) is 0 Å². The maximum absolute atomic E-state index is 5.80. The molecule has 1 unspecified atom stereocenters. The highest BCUT2D eigenvalue weighted by molar-refractivity contribution is 9.10. The first-order valence-electron chi connectivity index (χ1n) is 7.02. The monoisotopic (exact) mass is 330 g/mol. The Kier molecular flexibility index (Phi) is 3.81. The van der Waals surface area contributed by atoms with E-state index in [1.54, 1.807) is 0 Å². The molecule has 0 radical (unpaired) electrons. The zero-order valence-electron chi connectivity index (χ0n) is 11.6. The van der Waals surface area contributed by atoms with Gasteiger partial charge < -0.3 is 10.6 Å². The molecule has 1 atom stereocenters. The van der Waals surface area contributed by atoms with E-state index in [9.17, 15) is 0 Å². The quantitative estimate of drug-likeness (QED) is 0.892. The third kappa shape index (κ3) is 2.60. The lowest BCUT2D eigenvalue weighted by Crippen LogP contribution is -2.30. The van der Waals surface area contributed by atoms with Gasteiger partial charge in [-0.3, -0.25) is 0 Å². The molecule has 2 aromatic carbocycles. The van der Waals surface area contributed by atoms with Gasteiger partial charge in [0.1, 0.15) is 0 Å². The Morgan fingerprint density at radius 2 is 2.05 bits per heavy atom. The van der Waals surface area contributed by atoms with Gasteiger partial charge >= 0.3 is 0 Å². The number of para-hydroxylation sites is 1. The number of hydrogen-bond donors (Lipinski definition) is 1. The van der Waals surface area contributed by atoms with Crippen LogP contribution in [0.5, 0.6) is 0 Å². The SMILES string of the molecule is CC1Cc2ccccc2N(c2cc(Br)cc(CN)c2)C1. The number of hydrogen-bond acceptors (Lipinski definition) is 2. The number of nitrogens with two attached hydrogens (primary N) is 1. The molecule has 1 aliphatic heterocycles. The third-order valence-electron chi connectivity index (χ3n) is 3.83. The van der Waals surface area contributed by atoms with E-state index in [-0.39, 0.29) is 0 Å². The van der Waals surface area contributed by atoms with E-state index in [0.29, 0.717) is 12.5 Å². The van der Waals surface area contributed by atoms with E-state index in [0.717, 1.165) is 23.0 Å². The van der Waals surface area contributed by atoms with Gasteiger partial charge in [0.2, 0.25) is 0 Å². The molecule has 0 saturated heterocycles. The largest absolute Gasteiger partial charge is 0.341 e. The zero-order chi connectivity index (χ0) is 14.1. The summed E-state index contributed by atoms with van der Waals surface area (Å²) in [6.45, 7) is 3.93. The fourth-order valence-corrected chi connectivity index (χ4v) is 3.48. The Labute approximate surface area is 128 Å². The van der Waals surface area contributed by atoms with Crippen molar-refractivity contribution < 1.29 is 0 Å². The molecule has 0 aromatic heterocycles. The molecule has 3 rings (SSSR count). The van der Waals surface area contributed by atoms with Crippen LogP contribution >= 0.6 is 15.9 Å². The van der Waals surface area contributed by atoms with Crippen LogP contribution in [0.15, 0.2) is 46.9 Å². The van der Waals surface area contributed by atoms with Crippen LogP contribution in [0.25, 0.3) is 0 Å². The minimum absolute atomic E-state index is 0.567. The summed E-state index contributed by atoms with van der Waals surface area (Å²) in [4.78, 5) is 2.41. The van der Waals surface area contributed by atoms with Crippen molar-refractivity contribution in [2.24, 2.45) is 11.7 Å². The number of halogens is 1. The van der Waals surface area contributed by atoms with Crippen LogP contribution in [0.1, 0.15) is 18.1 Å².